The van der Waals surface area contributed by atoms with Crippen LogP contribution < -0.4 is 48.7 Å². The van der Waals surface area contributed by atoms with E-state index in [-0.39, 0.29) is 23.3 Å². The van der Waals surface area contributed by atoms with Gasteiger partial charge in [0.25, 0.3) is 0 Å². The van der Waals surface area contributed by atoms with E-state index in [4.69, 9.17) is 9.97 Å². The van der Waals surface area contributed by atoms with Crippen molar-refractivity contribution in [1.82, 2.24) is 19.8 Å². The molecule has 4 heterocycles. The van der Waals surface area contributed by atoms with Crippen LogP contribution in [0.15, 0.2) is 54.4 Å². The van der Waals surface area contributed by atoms with Crippen LogP contribution in [0, 0.1) is 14.9 Å². The summed E-state index contributed by atoms with van der Waals surface area (Å²) in [6.07, 6.45) is 18.5. The van der Waals surface area contributed by atoms with Gasteiger partial charge in [-0.15, -0.1) is 0 Å². The Kier molecular flexibility index (Phi) is 11.4. The topological polar surface area (TPSA) is 47.5 Å². The summed E-state index contributed by atoms with van der Waals surface area (Å²) >= 11 is 2.73. The summed E-state index contributed by atoms with van der Waals surface area (Å²) in [7, 11) is 4.48. The number of benzene rings is 1. The Morgan fingerprint density at radius 2 is 1.89 bits per heavy atom. The Hall–Kier alpha value is -0.670. The number of halogens is 3. The molecule has 4 atom stereocenters. The van der Waals surface area contributed by atoms with Crippen molar-refractivity contribution >= 4 is 36.1 Å². The van der Waals surface area contributed by atoms with Crippen molar-refractivity contribution in [2.24, 2.45) is 11.3 Å². The number of nitrogens with one attached hydrogen (secondary N) is 1. The molecule has 1 aromatic carbocycles. The molecule has 3 fully saturated rings. The van der Waals surface area contributed by atoms with Gasteiger partial charge in [-0.05, 0) is 38.4 Å². The SMILES string of the molecule is CCCC1C=C(N2CCC3(CCN(C)CC3)CC2)C=CC1Nc1ncc([I-]I)c(N(C)c2ccccc2C(C)C2CC[I-]2)n1. The van der Waals surface area contributed by atoms with Crippen molar-refractivity contribution in [2.75, 3.05) is 54.9 Å². The fraction of sp³-hybridized carbons (Fsp3) is 0.600. The molecule has 6 rings (SSSR count). The second-order valence-corrected chi connectivity index (χ2v) is 21.2. The molecule has 1 aromatic heterocycles. The van der Waals surface area contributed by atoms with Crippen molar-refractivity contribution in [1.29, 1.82) is 0 Å². The van der Waals surface area contributed by atoms with Crippen molar-refractivity contribution < 1.29 is 38.4 Å². The van der Waals surface area contributed by atoms with E-state index >= 15 is 0 Å². The number of aromatic nitrogens is 2. The molecule has 1 N–H and O–H groups in total. The molecular formula is C35H49I3N6-2. The van der Waals surface area contributed by atoms with E-state index in [1.54, 1.807) is 0 Å². The van der Waals surface area contributed by atoms with Crippen LogP contribution in [0.25, 0.3) is 0 Å². The van der Waals surface area contributed by atoms with Crippen molar-refractivity contribution in [3.8, 4) is 0 Å². The van der Waals surface area contributed by atoms with Crippen LogP contribution in [-0.4, -0.2) is 74.4 Å². The van der Waals surface area contributed by atoms with E-state index < -0.39 is 0 Å². The third-order valence-corrected chi connectivity index (χ3v) is 18.8. The number of hydrogen-bond donors (Lipinski definition) is 1. The minimum absolute atomic E-state index is 0.191. The monoisotopic (exact) mass is 934 g/mol. The molecule has 2 aromatic rings. The van der Waals surface area contributed by atoms with Gasteiger partial charge in [-0.1, -0.05) is 0 Å². The van der Waals surface area contributed by atoms with Gasteiger partial charge in [0.05, 0.1) is 0 Å². The number of hydrogen-bond acceptors (Lipinski definition) is 6. The Morgan fingerprint density at radius 3 is 2.57 bits per heavy atom. The van der Waals surface area contributed by atoms with E-state index in [9.17, 15) is 0 Å². The predicted molar refractivity (Wildman–Crippen MR) is 184 cm³/mol. The van der Waals surface area contributed by atoms with Gasteiger partial charge in [-0.25, -0.2) is 0 Å². The molecule has 3 saturated heterocycles. The Labute approximate surface area is 296 Å². The molecule has 0 radical (unpaired) electrons. The van der Waals surface area contributed by atoms with Gasteiger partial charge < -0.3 is 4.90 Å². The van der Waals surface area contributed by atoms with E-state index in [1.807, 2.05) is 0 Å². The van der Waals surface area contributed by atoms with Crippen LogP contribution in [0.4, 0.5) is 17.5 Å². The van der Waals surface area contributed by atoms with Gasteiger partial charge >= 0.3 is 255 Å². The van der Waals surface area contributed by atoms with Crippen LogP contribution in [-0.2, 0) is 0 Å². The molecule has 3 aliphatic heterocycles. The molecule has 4 unspecified atom stereocenters. The number of piperidine rings is 2. The normalized spacial score (nSPS) is 26.1. The number of alkyl halides is 2. The van der Waals surface area contributed by atoms with Gasteiger partial charge in [-0.2, -0.15) is 0 Å². The first-order valence-corrected chi connectivity index (χ1v) is 26.7. The third-order valence-electron chi connectivity index (χ3n) is 10.6. The summed E-state index contributed by atoms with van der Waals surface area (Å²) in [5.74, 6) is 2.86. The zero-order chi connectivity index (χ0) is 30.7. The van der Waals surface area contributed by atoms with E-state index in [2.05, 4.69) is 115 Å². The molecule has 0 bridgehead atoms. The fourth-order valence-electron chi connectivity index (χ4n) is 7.49. The molecule has 1 aliphatic carbocycles. The number of allylic oxidation sites excluding steroid dienone is 1. The van der Waals surface area contributed by atoms with E-state index in [0.717, 1.165) is 22.1 Å². The second kappa shape index (κ2) is 15.0. The van der Waals surface area contributed by atoms with Gasteiger partial charge in [0, 0.05) is 0 Å². The zero-order valence-electron chi connectivity index (χ0n) is 26.8. The van der Waals surface area contributed by atoms with Gasteiger partial charge in [0.15, 0.2) is 0 Å². The molecule has 0 saturated carbocycles. The van der Waals surface area contributed by atoms with Crippen LogP contribution in [0.2, 0.25) is 0 Å². The number of likely N-dealkylation sites (tertiary alicyclic amines) is 2. The molecule has 44 heavy (non-hydrogen) atoms. The van der Waals surface area contributed by atoms with Crippen LogP contribution in [0.1, 0.15) is 70.3 Å². The van der Waals surface area contributed by atoms with E-state index in [0.29, 0.717) is 38.5 Å². The summed E-state index contributed by atoms with van der Waals surface area (Å²) in [6.45, 7) is 9.67. The maximum absolute atomic E-state index is 5.22. The number of nitrogens with zero attached hydrogens (tertiary/aromatic N) is 5. The molecule has 9 heteroatoms. The summed E-state index contributed by atoms with van der Waals surface area (Å²) in [4.78, 5) is 17.6. The first-order chi connectivity index (χ1) is 21.4. The zero-order valence-corrected chi connectivity index (χ0v) is 33.3. The van der Waals surface area contributed by atoms with Crippen molar-refractivity contribution in [2.45, 2.75) is 74.7 Å². The second-order valence-electron chi connectivity index (χ2n) is 13.4. The molecule has 0 amide bonds. The average Bonchev–Trinajstić information content (AvgIpc) is 3.03. The minimum atomic E-state index is -0.191. The van der Waals surface area contributed by atoms with E-state index in [1.165, 1.54) is 89.6 Å². The number of anilines is 3. The number of para-hydroxylation sites is 1. The fourth-order valence-corrected chi connectivity index (χ4v) is 12.8. The first kappa shape index (κ1) is 33.2. The third kappa shape index (κ3) is 7.40. The molecule has 6 nitrogen and oxygen atoms in total. The summed E-state index contributed by atoms with van der Waals surface area (Å²) in [5.41, 5.74) is 4.78. The summed E-state index contributed by atoms with van der Waals surface area (Å²) in [6, 6.07) is 9.23. The maximum atomic E-state index is 5.22. The molecule has 242 valence electrons. The Balaban J connectivity index is 1.17. The van der Waals surface area contributed by atoms with Gasteiger partial charge in [-0.3, -0.25) is 0 Å². The molecular weight excluding hydrogens is 885 g/mol. The quantitative estimate of drug-likeness (QED) is 0.287. The average molecular weight is 935 g/mol. The van der Waals surface area contributed by atoms with Gasteiger partial charge in [0.1, 0.15) is 0 Å². The van der Waals surface area contributed by atoms with Crippen LogP contribution >= 0.6 is 18.6 Å². The number of rotatable bonds is 10. The standard InChI is InChI=1S/C35H49I3N6/c1-5-8-26-23-27(44-21-16-35(17-22-44)14-19-42(3)20-15-35)11-12-31(26)40-34-39-24-30(38-36)33(41-34)43(4)32-10-7-6-9-28(32)25(2)29-13-18-37-29/h6-7,9-12,23-26,29,31H,5,8,13-22H2,1-4H3,(H,39,40,41)/q-2. The Morgan fingerprint density at radius 1 is 1.16 bits per heavy atom. The van der Waals surface area contributed by atoms with Gasteiger partial charge in [0.2, 0.25) is 0 Å². The first-order valence-electron chi connectivity index (χ1n) is 16.5. The van der Waals surface area contributed by atoms with Crippen LogP contribution in [0.3, 0.4) is 0 Å². The van der Waals surface area contributed by atoms with Crippen molar-refractivity contribution in [3.05, 3.63) is 63.5 Å². The summed E-state index contributed by atoms with van der Waals surface area (Å²) < 4.78 is 3.68. The molecule has 1 spiro atoms. The molecule has 4 aliphatic rings. The van der Waals surface area contributed by atoms with Crippen LogP contribution in [0.5, 0.6) is 0 Å². The predicted octanol–water partition coefficient (Wildman–Crippen LogP) is 1.28. The van der Waals surface area contributed by atoms with Crippen molar-refractivity contribution in [3.63, 3.8) is 0 Å². The Bertz CT molecular complexity index is 1330. The summed E-state index contributed by atoms with van der Waals surface area (Å²) in [5, 5.41) is 3.77.